The van der Waals surface area contributed by atoms with Gasteiger partial charge in [-0.25, -0.2) is 0 Å². The van der Waals surface area contributed by atoms with E-state index in [-0.39, 0.29) is 34.9 Å². The molecule has 6 aliphatic carbocycles. The van der Waals surface area contributed by atoms with Crippen LogP contribution in [0, 0.1) is 28.6 Å². The summed E-state index contributed by atoms with van der Waals surface area (Å²) in [5.74, 6) is -0.809. The highest BCUT2D eigenvalue weighted by molar-refractivity contribution is 6.04. The van der Waals surface area contributed by atoms with Gasteiger partial charge in [-0.15, -0.1) is 0 Å². The van der Waals surface area contributed by atoms with Crippen molar-refractivity contribution in [2.45, 2.75) is 31.8 Å². The predicted octanol–water partition coefficient (Wildman–Crippen LogP) is 0.526. The summed E-state index contributed by atoms with van der Waals surface area (Å²) in [5, 5.41) is 10.9. The monoisotopic (exact) mass is 236 g/mol. The summed E-state index contributed by atoms with van der Waals surface area (Å²) in [5.41, 5.74) is -1.93. The van der Waals surface area contributed by atoms with Crippen molar-refractivity contribution in [1.82, 2.24) is 0 Å². The van der Waals surface area contributed by atoms with Crippen LogP contribution in [-0.2, 0) is 14.3 Å². The summed E-state index contributed by atoms with van der Waals surface area (Å²) in [4.78, 5) is 24.3. The van der Waals surface area contributed by atoms with Crippen LogP contribution in [0.15, 0.2) is 0 Å². The highest BCUT2D eigenvalue weighted by atomic mass is 16.5. The molecule has 6 rings (SSSR count). The Morgan fingerprint density at radius 1 is 1.47 bits per heavy atom. The number of fused-ring (bicyclic) bond motifs is 1. The molecule has 0 spiro atoms. The number of carbonyl (C=O) groups excluding carboxylic acids is 2. The zero-order valence-corrected chi connectivity index (χ0v) is 10.0. The number of methoxy groups -OCH3 is 1. The van der Waals surface area contributed by atoms with Crippen LogP contribution in [0.5, 0.6) is 0 Å². The molecule has 4 heteroatoms. The molecule has 0 saturated heterocycles. The SMILES string of the molecule is COC(=O)C12C3C(=O)C4CC(C)(CCC41O)C32. The van der Waals surface area contributed by atoms with E-state index in [0.29, 0.717) is 6.42 Å². The lowest BCUT2D eigenvalue weighted by Crippen LogP contribution is -2.61. The Bertz CT molecular complexity index is 472. The standard InChI is InChI=1S/C13H16O4/c1-11-3-4-12(16)6(5-11)8(14)7-9(11)13(7,12)10(15)17-2/h6-7,9,16H,3-5H2,1-2H3. The van der Waals surface area contributed by atoms with Gasteiger partial charge in [-0.2, -0.15) is 0 Å². The van der Waals surface area contributed by atoms with Gasteiger partial charge >= 0.3 is 5.97 Å². The smallest absolute Gasteiger partial charge is 0.315 e. The van der Waals surface area contributed by atoms with Crippen molar-refractivity contribution in [1.29, 1.82) is 0 Å². The van der Waals surface area contributed by atoms with Gasteiger partial charge in [0.25, 0.3) is 0 Å². The minimum absolute atomic E-state index is 0.0266. The molecule has 0 heterocycles. The Labute approximate surface area is 99.3 Å². The number of ether oxygens (including phenoxy) is 1. The lowest BCUT2D eigenvalue weighted by Gasteiger charge is -2.55. The van der Waals surface area contributed by atoms with Crippen molar-refractivity contribution >= 4 is 11.8 Å². The quantitative estimate of drug-likeness (QED) is 0.674. The van der Waals surface area contributed by atoms with Gasteiger partial charge in [-0.1, -0.05) is 6.92 Å². The fraction of sp³-hybridized carbons (Fsp3) is 0.846. The van der Waals surface area contributed by atoms with Gasteiger partial charge in [0.05, 0.1) is 12.7 Å². The van der Waals surface area contributed by atoms with Gasteiger partial charge < -0.3 is 9.84 Å². The maximum absolute atomic E-state index is 12.2. The lowest BCUT2D eigenvalue weighted by atomic mass is 9.50. The zero-order valence-electron chi connectivity index (χ0n) is 10.0. The van der Waals surface area contributed by atoms with Crippen molar-refractivity contribution in [3.63, 3.8) is 0 Å². The Morgan fingerprint density at radius 2 is 2.18 bits per heavy atom. The molecule has 4 nitrogen and oxygen atoms in total. The number of Topliss-reactive ketones (excluding diaryl/α,β-unsaturated/α-hetero) is 1. The number of hydrogen-bond acceptors (Lipinski definition) is 4. The largest absolute Gasteiger partial charge is 0.468 e. The van der Waals surface area contributed by atoms with E-state index >= 15 is 0 Å². The number of hydrogen-bond donors (Lipinski definition) is 1. The van der Waals surface area contributed by atoms with Crippen molar-refractivity contribution in [3.8, 4) is 0 Å². The topological polar surface area (TPSA) is 63.6 Å². The third-order valence-corrected chi connectivity index (χ3v) is 6.17. The van der Waals surface area contributed by atoms with Gasteiger partial charge in [0, 0.05) is 11.8 Å². The molecular weight excluding hydrogens is 220 g/mol. The highest BCUT2D eigenvalue weighted by Gasteiger charge is 2.95. The normalized spacial score (nSPS) is 61.6. The number of carbonyl (C=O) groups is 2. The molecule has 92 valence electrons. The van der Waals surface area contributed by atoms with Gasteiger partial charge in [0.2, 0.25) is 0 Å². The third kappa shape index (κ3) is 0.672. The minimum atomic E-state index is -1.11. The Morgan fingerprint density at radius 3 is 2.82 bits per heavy atom. The molecule has 6 bridgehead atoms. The number of ketones is 1. The Balaban J connectivity index is 1.95. The molecule has 1 N–H and O–H groups in total. The fourth-order valence-corrected chi connectivity index (χ4v) is 5.58. The first kappa shape index (κ1) is 10.1. The summed E-state index contributed by atoms with van der Waals surface area (Å²) in [6.45, 7) is 2.16. The molecule has 0 aliphatic heterocycles. The number of aliphatic hydroxyl groups is 1. The second-order valence-corrected chi connectivity index (χ2v) is 6.55. The van der Waals surface area contributed by atoms with Crippen LogP contribution in [0.3, 0.4) is 0 Å². The van der Waals surface area contributed by atoms with E-state index in [4.69, 9.17) is 4.74 Å². The molecule has 6 unspecified atom stereocenters. The molecule has 0 aromatic carbocycles. The second kappa shape index (κ2) is 2.30. The first-order valence-corrected chi connectivity index (χ1v) is 6.28. The van der Waals surface area contributed by atoms with Crippen molar-refractivity contribution in [2.24, 2.45) is 28.6 Å². The van der Waals surface area contributed by atoms with Crippen LogP contribution in [0.25, 0.3) is 0 Å². The summed E-state index contributed by atoms with van der Waals surface area (Å²) in [6, 6.07) is 0. The molecule has 17 heavy (non-hydrogen) atoms. The predicted molar refractivity (Wildman–Crippen MR) is 56.8 cm³/mol. The second-order valence-electron chi connectivity index (χ2n) is 6.55. The Hall–Kier alpha value is -0.900. The van der Waals surface area contributed by atoms with Gasteiger partial charge in [-0.3, -0.25) is 9.59 Å². The maximum Gasteiger partial charge on any atom is 0.315 e. The third-order valence-electron chi connectivity index (χ3n) is 6.17. The number of esters is 1. The van der Waals surface area contributed by atoms with E-state index in [2.05, 4.69) is 6.92 Å². The van der Waals surface area contributed by atoms with E-state index in [1.54, 1.807) is 0 Å². The minimum Gasteiger partial charge on any atom is -0.468 e. The molecule has 6 atom stereocenters. The fourth-order valence-electron chi connectivity index (χ4n) is 5.58. The summed E-state index contributed by atoms with van der Waals surface area (Å²) in [7, 11) is 1.35. The van der Waals surface area contributed by atoms with Crippen LogP contribution >= 0.6 is 0 Å². The van der Waals surface area contributed by atoms with Crippen molar-refractivity contribution in [3.05, 3.63) is 0 Å². The van der Waals surface area contributed by atoms with E-state index in [0.717, 1.165) is 12.8 Å². The molecule has 0 radical (unpaired) electrons. The summed E-state index contributed by atoms with van der Waals surface area (Å²) < 4.78 is 4.89. The lowest BCUT2D eigenvalue weighted by molar-refractivity contribution is -0.196. The van der Waals surface area contributed by atoms with Crippen molar-refractivity contribution in [2.75, 3.05) is 7.11 Å². The van der Waals surface area contributed by atoms with Crippen LogP contribution in [-0.4, -0.2) is 29.6 Å². The molecule has 6 saturated carbocycles. The van der Waals surface area contributed by atoms with E-state index in [1.165, 1.54) is 7.11 Å². The van der Waals surface area contributed by atoms with Gasteiger partial charge in [-0.05, 0) is 30.6 Å². The zero-order chi connectivity index (χ0) is 12.2. The molecule has 6 fully saturated rings. The first-order valence-electron chi connectivity index (χ1n) is 6.28. The van der Waals surface area contributed by atoms with Crippen LogP contribution in [0.1, 0.15) is 26.2 Å². The average Bonchev–Trinajstić information content (AvgIpc) is 2.99. The molecule has 6 aliphatic rings. The van der Waals surface area contributed by atoms with E-state index < -0.39 is 11.0 Å². The summed E-state index contributed by atoms with van der Waals surface area (Å²) >= 11 is 0. The van der Waals surface area contributed by atoms with Crippen LogP contribution in [0.2, 0.25) is 0 Å². The Kier molecular flexibility index (Phi) is 1.36. The molecule has 0 amide bonds. The van der Waals surface area contributed by atoms with E-state index in [9.17, 15) is 14.7 Å². The van der Waals surface area contributed by atoms with Gasteiger partial charge in [0.15, 0.2) is 0 Å². The molecule has 0 aromatic heterocycles. The van der Waals surface area contributed by atoms with Crippen LogP contribution < -0.4 is 0 Å². The van der Waals surface area contributed by atoms with Crippen molar-refractivity contribution < 1.29 is 19.4 Å². The summed E-state index contributed by atoms with van der Waals surface area (Å²) in [6.07, 6.45) is 2.25. The van der Waals surface area contributed by atoms with E-state index in [1.807, 2.05) is 0 Å². The van der Waals surface area contributed by atoms with Crippen LogP contribution in [0.4, 0.5) is 0 Å². The number of rotatable bonds is 1. The highest BCUT2D eigenvalue weighted by Crippen LogP contribution is 2.87. The molecular formula is C13H16O4. The first-order chi connectivity index (χ1) is 7.93. The van der Waals surface area contributed by atoms with Gasteiger partial charge in [0.1, 0.15) is 11.2 Å². The maximum atomic E-state index is 12.2. The molecule has 0 aromatic rings. The average molecular weight is 236 g/mol.